The highest BCUT2D eigenvalue weighted by Gasteiger charge is 2.47. The summed E-state index contributed by atoms with van der Waals surface area (Å²) in [5.41, 5.74) is 0.182. The molecule has 2 amide bonds. The van der Waals surface area contributed by atoms with E-state index >= 15 is 0 Å². The van der Waals surface area contributed by atoms with E-state index in [4.69, 9.17) is 18.6 Å². The smallest absolute Gasteiger partial charge is 0.288 e. The summed E-state index contributed by atoms with van der Waals surface area (Å²) in [6.45, 7) is 23.7. The number of carbonyl (C=O) groups excluding carboxylic acids is 2. The lowest BCUT2D eigenvalue weighted by Crippen LogP contribution is -2.46. The van der Waals surface area contributed by atoms with Gasteiger partial charge in [0.15, 0.2) is 14.6 Å². The van der Waals surface area contributed by atoms with Crippen LogP contribution >= 0.6 is 11.8 Å². The van der Waals surface area contributed by atoms with Crippen LogP contribution in [0.4, 0.5) is 4.79 Å². The molecule has 0 aliphatic carbocycles. The largest absolute Gasteiger partial charge is 0.497 e. The Bertz CT molecular complexity index is 1060. The molecule has 224 valence electrons. The number of benzene rings is 1. The van der Waals surface area contributed by atoms with Gasteiger partial charge in [-0.3, -0.25) is 14.5 Å². The van der Waals surface area contributed by atoms with Crippen LogP contribution in [0.2, 0.25) is 18.1 Å². The van der Waals surface area contributed by atoms with Crippen molar-refractivity contribution >= 4 is 31.2 Å². The molecule has 0 aromatic heterocycles. The average molecular weight is 592 g/mol. The lowest BCUT2D eigenvalue weighted by atomic mass is 9.91. The standard InChI is InChI=1S/C31H49NO6SSi/c1-12-24-31(8,37-27(36-24)21-13-15-22(35-9)16-14-21)18-17-23(38-40(10,11)30(5,6)7)19-26(33)32-20-25(29(2,3)4)39-28(32)34/h12-16,23-25,27H,1,17-20H2,2-11H3/t23-,24+,25-,27?,31-/m1/s1. The number of ether oxygens (including phenoxy) is 3. The Morgan fingerprint density at radius 1 is 1.23 bits per heavy atom. The molecule has 1 unspecified atom stereocenters. The van der Waals surface area contributed by atoms with Gasteiger partial charge < -0.3 is 18.6 Å². The molecule has 0 N–H and O–H groups in total. The number of methoxy groups -OCH3 is 1. The summed E-state index contributed by atoms with van der Waals surface area (Å²) in [7, 11) is -0.566. The molecular weight excluding hydrogens is 542 g/mol. The quantitative estimate of drug-likeness (QED) is 0.204. The Hall–Kier alpha value is -1.65. The highest BCUT2D eigenvalue weighted by atomic mass is 32.2. The molecule has 2 fully saturated rings. The molecule has 3 rings (SSSR count). The van der Waals surface area contributed by atoms with Crippen molar-refractivity contribution in [2.24, 2.45) is 5.41 Å². The SMILES string of the molecule is C=C[C@@H]1OC(c2ccc(OC)cc2)O[C@]1(C)CC[C@H](CC(=O)N1C[C@H](C(C)(C)C)SC1=O)O[Si](C)(C)C(C)(C)C. The molecule has 7 nitrogen and oxygen atoms in total. The van der Waals surface area contributed by atoms with Gasteiger partial charge in [0.1, 0.15) is 11.9 Å². The first kappa shape index (κ1) is 32.9. The number of nitrogens with zero attached hydrogens (tertiary/aromatic N) is 1. The molecule has 1 aromatic carbocycles. The van der Waals surface area contributed by atoms with Gasteiger partial charge in [0, 0.05) is 17.4 Å². The number of hydrogen-bond donors (Lipinski definition) is 0. The molecule has 9 heteroatoms. The van der Waals surface area contributed by atoms with E-state index in [0.717, 1.165) is 11.3 Å². The van der Waals surface area contributed by atoms with Crippen LogP contribution in [0.3, 0.4) is 0 Å². The normalized spacial score (nSPS) is 26.7. The van der Waals surface area contributed by atoms with E-state index in [9.17, 15) is 9.59 Å². The van der Waals surface area contributed by atoms with Gasteiger partial charge in [-0.2, -0.15) is 0 Å². The van der Waals surface area contributed by atoms with Gasteiger partial charge in [0.25, 0.3) is 5.24 Å². The van der Waals surface area contributed by atoms with Crippen LogP contribution in [0.5, 0.6) is 5.75 Å². The van der Waals surface area contributed by atoms with Crippen LogP contribution in [0, 0.1) is 5.41 Å². The fraction of sp³-hybridized carbons (Fsp3) is 0.677. The number of thioether (sulfide) groups is 1. The van der Waals surface area contributed by atoms with E-state index in [-0.39, 0.29) is 45.5 Å². The van der Waals surface area contributed by atoms with Gasteiger partial charge in [-0.15, -0.1) is 6.58 Å². The number of rotatable bonds is 10. The second-order valence-corrected chi connectivity index (χ2v) is 19.7. The minimum absolute atomic E-state index is 0.0229. The molecule has 0 bridgehead atoms. The molecule has 0 spiro atoms. The highest BCUT2D eigenvalue weighted by Crippen LogP contribution is 2.44. The van der Waals surface area contributed by atoms with E-state index < -0.39 is 20.2 Å². The number of amides is 2. The maximum absolute atomic E-state index is 13.5. The van der Waals surface area contributed by atoms with Crippen LogP contribution < -0.4 is 4.74 Å². The molecule has 1 aromatic rings. The van der Waals surface area contributed by atoms with Crippen molar-refractivity contribution in [3.05, 3.63) is 42.5 Å². The van der Waals surface area contributed by atoms with Crippen LogP contribution in [-0.2, 0) is 18.7 Å². The molecule has 2 heterocycles. The zero-order chi connectivity index (χ0) is 30.1. The molecular formula is C31H49NO6SSi. The summed E-state index contributed by atoms with van der Waals surface area (Å²) in [5, 5.41) is -0.107. The van der Waals surface area contributed by atoms with E-state index in [0.29, 0.717) is 19.4 Å². The first-order valence-corrected chi connectivity index (χ1v) is 18.0. The van der Waals surface area contributed by atoms with Gasteiger partial charge in [0.2, 0.25) is 5.91 Å². The third kappa shape index (κ3) is 7.59. The average Bonchev–Trinajstić information content (AvgIpc) is 3.42. The number of carbonyl (C=O) groups is 2. The Morgan fingerprint density at radius 3 is 2.35 bits per heavy atom. The maximum atomic E-state index is 13.5. The molecule has 40 heavy (non-hydrogen) atoms. The van der Waals surface area contributed by atoms with Crippen molar-refractivity contribution in [3.8, 4) is 5.75 Å². The summed E-state index contributed by atoms with van der Waals surface area (Å²) < 4.78 is 24.8. The fourth-order valence-electron chi connectivity index (χ4n) is 4.70. The summed E-state index contributed by atoms with van der Waals surface area (Å²) in [4.78, 5) is 27.7. The number of hydrogen-bond acceptors (Lipinski definition) is 7. The van der Waals surface area contributed by atoms with Crippen molar-refractivity contribution in [1.29, 1.82) is 0 Å². The zero-order valence-electron chi connectivity index (χ0n) is 26.0. The van der Waals surface area contributed by atoms with Crippen molar-refractivity contribution in [2.45, 2.75) is 115 Å². The summed E-state index contributed by atoms with van der Waals surface area (Å²) in [5.74, 6) is 0.599. The predicted molar refractivity (Wildman–Crippen MR) is 164 cm³/mol. The minimum atomic E-state index is -2.20. The lowest BCUT2D eigenvalue weighted by molar-refractivity contribution is -0.130. The molecule has 2 aliphatic rings. The minimum Gasteiger partial charge on any atom is -0.497 e. The predicted octanol–water partition coefficient (Wildman–Crippen LogP) is 7.72. The maximum Gasteiger partial charge on any atom is 0.288 e. The van der Waals surface area contributed by atoms with Crippen molar-refractivity contribution in [3.63, 3.8) is 0 Å². The first-order chi connectivity index (χ1) is 18.4. The van der Waals surface area contributed by atoms with Gasteiger partial charge in [-0.1, -0.05) is 71.5 Å². The van der Waals surface area contributed by atoms with E-state index in [1.807, 2.05) is 31.2 Å². The Morgan fingerprint density at radius 2 is 1.85 bits per heavy atom. The second-order valence-electron chi connectivity index (χ2n) is 13.8. The molecule has 0 radical (unpaired) electrons. The third-order valence-corrected chi connectivity index (χ3v) is 14.7. The molecule has 2 saturated heterocycles. The monoisotopic (exact) mass is 591 g/mol. The van der Waals surface area contributed by atoms with Crippen LogP contribution in [0.1, 0.15) is 79.6 Å². The van der Waals surface area contributed by atoms with Crippen molar-refractivity contribution in [1.82, 2.24) is 4.90 Å². The summed E-state index contributed by atoms with van der Waals surface area (Å²) in [6.07, 6.45) is 1.94. The first-order valence-electron chi connectivity index (χ1n) is 14.2. The Labute approximate surface area is 246 Å². The van der Waals surface area contributed by atoms with E-state index in [1.165, 1.54) is 16.7 Å². The molecule has 2 aliphatic heterocycles. The molecule has 0 saturated carbocycles. The molecule has 5 atom stereocenters. The van der Waals surface area contributed by atoms with Crippen molar-refractivity contribution in [2.75, 3.05) is 13.7 Å². The summed E-state index contributed by atoms with van der Waals surface area (Å²) in [6, 6.07) is 7.65. The summed E-state index contributed by atoms with van der Waals surface area (Å²) >= 11 is 1.27. The topological polar surface area (TPSA) is 74.3 Å². The third-order valence-electron chi connectivity index (χ3n) is 8.56. The highest BCUT2D eigenvalue weighted by molar-refractivity contribution is 8.14. The van der Waals surface area contributed by atoms with Crippen molar-refractivity contribution < 1.29 is 28.2 Å². The lowest BCUT2D eigenvalue weighted by Gasteiger charge is -2.40. The van der Waals surface area contributed by atoms with Gasteiger partial charge in [-0.25, -0.2) is 0 Å². The second kappa shape index (κ2) is 12.3. The Balaban J connectivity index is 1.76. The Kier molecular flexibility index (Phi) is 10.1. The van der Waals surface area contributed by atoms with Crippen LogP contribution in [0.25, 0.3) is 0 Å². The van der Waals surface area contributed by atoms with E-state index in [2.05, 4.69) is 61.2 Å². The zero-order valence-corrected chi connectivity index (χ0v) is 27.9. The van der Waals surface area contributed by atoms with Gasteiger partial charge in [-0.05, 0) is 55.4 Å². The number of imide groups is 1. The van der Waals surface area contributed by atoms with Crippen LogP contribution in [-0.4, -0.2) is 61.1 Å². The van der Waals surface area contributed by atoms with E-state index in [1.54, 1.807) is 13.2 Å². The fourth-order valence-corrected chi connectivity index (χ4v) is 7.21. The van der Waals surface area contributed by atoms with Gasteiger partial charge >= 0.3 is 0 Å². The van der Waals surface area contributed by atoms with Gasteiger partial charge in [0.05, 0.1) is 25.2 Å². The van der Waals surface area contributed by atoms with Crippen LogP contribution in [0.15, 0.2) is 36.9 Å².